The molecule has 0 radical (unpaired) electrons. The number of benzene rings is 1. The highest BCUT2D eigenvalue weighted by Crippen LogP contribution is 2.10. The minimum absolute atomic E-state index is 0.00400. The standard InChI is InChI=1S/C23H34N4O6/c1-15(28)26-18(14-16-8-6-5-7-9-16)22(32)25-13-12-19(29)27-17(21(24)31)10-11-20(30)33-23(2,3)4/h5-9,17-18H,10-14H2,1-4H3,(H2,24,31)(H,25,32)(H,26,28)(H,27,29). The number of hydrogen-bond donors (Lipinski definition) is 4. The van der Waals surface area contributed by atoms with Crippen molar-refractivity contribution in [3.8, 4) is 0 Å². The number of carbonyl (C=O) groups is 5. The van der Waals surface area contributed by atoms with Crippen molar-refractivity contribution < 1.29 is 28.7 Å². The summed E-state index contributed by atoms with van der Waals surface area (Å²) in [4.78, 5) is 59.6. The summed E-state index contributed by atoms with van der Waals surface area (Å²) in [5.41, 5.74) is 5.54. The van der Waals surface area contributed by atoms with Crippen molar-refractivity contribution in [2.45, 2.75) is 71.1 Å². The summed E-state index contributed by atoms with van der Waals surface area (Å²) in [5, 5.41) is 7.68. The van der Waals surface area contributed by atoms with Crippen LogP contribution in [-0.4, -0.2) is 53.8 Å². The highest BCUT2D eigenvalue weighted by molar-refractivity contribution is 5.89. The summed E-state index contributed by atoms with van der Waals surface area (Å²) in [5.74, 6) is -2.57. The van der Waals surface area contributed by atoms with Crippen LogP contribution < -0.4 is 21.7 Å². The van der Waals surface area contributed by atoms with Crippen LogP contribution in [0.3, 0.4) is 0 Å². The summed E-state index contributed by atoms with van der Waals surface area (Å²) < 4.78 is 5.18. The van der Waals surface area contributed by atoms with E-state index in [1.54, 1.807) is 20.8 Å². The van der Waals surface area contributed by atoms with Gasteiger partial charge in [0.25, 0.3) is 0 Å². The van der Waals surface area contributed by atoms with Crippen LogP contribution in [0.2, 0.25) is 0 Å². The van der Waals surface area contributed by atoms with Gasteiger partial charge in [0, 0.05) is 32.7 Å². The van der Waals surface area contributed by atoms with Gasteiger partial charge in [0.1, 0.15) is 17.7 Å². The lowest BCUT2D eigenvalue weighted by molar-refractivity contribution is -0.155. The Labute approximate surface area is 194 Å². The first-order valence-electron chi connectivity index (χ1n) is 10.8. The van der Waals surface area contributed by atoms with Gasteiger partial charge in [-0.1, -0.05) is 30.3 Å². The highest BCUT2D eigenvalue weighted by Gasteiger charge is 2.23. The van der Waals surface area contributed by atoms with Gasteiger partial charge in [-0.25, -0.2) is 0 Å². The summed E-state index contributed by atoms with van der Waals surface area (Å²) in [6, 6.07) is 7.38. The van der Waals surface area contributed by atoms with Crippen LogP contribution in [0.4, 0.5) is 0 Å². The maximum atomic E-state index is 12.5. The molecule has 33 heavy (non-hydrogen) atoms. The molecule has 0 aliphatic rings. The maximum Gasteiger partial charge on any atom is 0.306 e. The largest absolute Gasteiger partial charge is 0.460 e. The molecule has 1 aromatic carbocycles. The van der Waals surface area contributed by atoms with Gasteiger partial charge in [-0.15, -0.1) is 0 Å². The second kappa shape index (κ2) is 13.2. The summed E-state index contributed by atoms with van der Waals surface area (Å²) >= 11 is 0. The van der Waals surface area contributed by atoms with E-state index < -0.39 is 41.4 Å². The number of rotatable bonds is 12. The van der Waals surface area contributed by atoms with Crippen molar-refractivity contribution in [1.29, 1.82) is 0 Å². The van der Waals surface area contributed by atoms with Crippen LogP contribution >= 0.6 is 0 Å². The number of hydrogen-bond acceptors (Lipinski definition) is 6. The molecule has 0 saturated heterocycles. The van der Waals surface area contributed by atoms with Gasteiger partial charge in [0.2, 0.25) is 23.6 Å². The first kappa shape index (κ1) is 27.6. The summed E-state index contributed by atoms with van der Waals surface area (Å²) in [6.45, 7) is 6.49. The Morgan fingerprint density at radius 1 is 0.970 bits per heavy atom. The summed E-state index contributed by atoms with van der Waals surface area (Å²) in [6.07, 6.45) is 0.108. The Morgan fingerprint density at radius 3 is 2.15 bits per heavy atom. The highest BCUT2D eigenvalue weighted by atomic mass is 16.6. The molecule has 2 atom stereocenters. The fraction of sp³-hybridized carbons (Fsp3) is 0.522. The predicted molar refractivity (Wildman–Crippen MR) is 122 cm³/mol. The van der Waals surface area contributed by atoms with Crippen LogP contribution in [0, 0.1) is 0 Å². The van der Waals surface area contributed by atoms with Gasteiger partial charge in [-0.3, -0.25) is 24.0 Å². The van der Waals surface area contributed by atoms with Crippen molar-refractivity contribution in [3.05, 3.63) is 35.9 Å². The zero-order valence-electron chi connectivity index (χ0n) is 19.6. The first-order chi connectivity index (χ1) is 15.4. The molecule has 0 saturated carbocycles. The maximum absolute atomic E-state index is 12.5. The van der Waals surface area contributed by atoms with Crippen molar-refractivity contribution in [3.63, 3.8) is 0 Å². The molecular weight excluding hydrogens is 428 g/mol. The van der Waals surface area contributed by atoms with Crippen LogP contribution in [-0.2, 0) is 35.1 Å². The zero-order chi connectivity index (χ0) is 25.0. The van der Waals surface area contributed by atoms with E-state index in [0.717, 1.165) is 5.56 Å². The molecule has 0 aliphatic carbocycles. The van der Waals surface area contributed by atoms with Gasteiger partial charge in [-0.2, -0.15) is 0 Å². The van der Waals surface area contributed by atoms with E-state index in [1.807, 2.05) is 30.3 Å². The van der Waals surface area contributed by atoms with E-state index in [4.69, 9.17) is 10.5 Å². The van der Waals surface area contributed by atoms with Crippen molar-refractivity contribution in [2.24, 2.45) is 5.73 Å². The van der Waals surface area contributed by atoms with Crippen molar-refractivity contribution in [2.75, 3.05) is 6.54 Å². The minimum atomic E-state index is -1.04. The van der Waals surface area contributed by atoms with Crippen LogP contribution in [0.5, 0.6) is 0 Å². The quantitative estimate of drug-likeness (QED) is 0.328. The van der Waals surface area contributed by atoms with Gasteiger partial charge in [-0.05, 0) is 32.8 Å². The van der Waals surface area contributed by atoms with E-state index in [2.05, 4.69) is 16.0 Å². The van der Waals surface area contributed by atoms with Crippen LogP contribution in [0.25, 0.3) is 0 Å². The molecule has 10 nitrogen and oxygen atoms in total. The third-order valence-corrected chi connectivity index (χ3v) is 4.36. The molecule has 0 aliphatic heterocycles. The lowest BCUT2D eigenvalue weighted by Crippen LogP contribution is -2.49. The van der Waals surface area contributed by atoms with E-state index in [0.29, 0.717) is 6.42 Å². The molecule has 0 fully saturated rings. The number of nitrogens with one attached hydrogen (secondary N) is 3. The molecule has 4 amide bonds. The van der Waals surface area contributed by atoms with Gasteiger partial charge in [0.15, 0.2) is 0 Å². The second-order valence-electron chi connectivity index (χ2n) is 8.63. The third-order valence-electron chi connectivity index (χ3n) is 4.36. The lowest BCUT2D eigenvalue weighted by atomic mass is 10.1. The molecular formula is C23H34N4O6. The monoisotopic (exact) mass is 462 g/mol. The molecule has 1 aromatic rings. The molecule has 5 N–H and O–H groups in total. The fourth-order valence-corrected chi connectivity index (χ4v) is 2.93. The normalized spacial score (nSPS) is 12.7. The van der Waals surface area contributed by atoms with Crippen LogP contribution in [0.1, 0.15) is 52.5 Å². The van der Waals surface area contributed by atoms with Gasteiger partial charge in [0.05, 0.1) is 0 Å². The zero-order valence-corrected chi connectivity index (χ0v) is 19.6. The van der Waals surface area contributed by atoms with E-state index in [9.17, 15) is 24.0 Å². The Bertz CT molecular complexity index is 835. The molecule has 0 aromatic heterocycles. The van der Waals surface area contributed by atoms with E-state index >= 15 is 0 Å². The number of esters is 1. The molecule has 2 unspecified atom stereocenters. The second-order valence-corrected chi connectivity index (χ2v) is 8.63. The van der Waals surface area contributed by atoms with E-state index in [1.165, 1.54) is 6.92 Å². The third kappa shape index (κ3) is 12.3. The number of ether oxygens (including phenoxy) is 1. The average molecular weight is 463 g/mol. The molecule has 0 heterocycles. The molecule has 1 rings (SSSR count). The summed E-state index contributed by atoms with van der Waals surface area (Å²) in [7, 11) is 0. The lowest BCUT2D eigenvalue weighted by Gasteiger charge is -2.21. The van der Waals surface area contributed by atoms with Crippen molar-refractivity contribution in [1.82, 2.24) is 16.0 Å². The Hall–Kier alpha value is -3.43. The number of primary amides is 1. The predicted octanol–water partition coefficient (Wildman–Crippen LogP) is 0.332. The first-order valence-corrected chi connectivity index (χ1v) is 10.8. The smallest absolute Gasteiger partial charge is 0.306 e. The number of carbonyl (C=O) groups excluding carboxylic acids is 5. The fourth-order valence-electron chi connectivity index (χ4n) is 2.93. The Balaban J connectivity index is 2.52. The molecule has 0 bridgehead atoms. The Kier molecular flexibility index (Phi) is 11.0. The number of nitrogens with two attached hydrogens (primary N) is 1. The molecule has 10 heteroatoms. The van der Waals surface area contributed by atoms with Gasteiger partial charge < -0.3 is 26.4 Å². The van der Waals surface area contributed by atoms with Crippen LogP contribution in [0.15, 0.2) is 30.3 Å². The Morgan fingerprint density at radius 2 is 1.61 bits per heavy atom. The average Bonchev–Trinajstić information content (AvgIpc) is 2.69. The minimum Gasteiger partial charge on any atom is -0.460 e. The van der Waals surface area contributed by atoms with Gasteiger partial charge >= 0.3 is 5.97 Å². The SMILES string of the molecule is CC(=O)NC(Cc1ccccc1)C(=O)NCCC(=O)NC(CCC(=O)OC(C)(C)C)C(N)=O. The topological polar surface area (TPSA) is 157 Å². The molecule has 182 valence electrons. The van der Waals surface area contributed by atoms with E-state index in [-0.39, 0.29) is 31.7 Å². The number of amides is 4. The van der Waals surface area contributed by atoms with Crippen molar-refractivity contribution >= 4 is 29.6 Å². The molecule has 0 spiro atoms.